The minimum Gasteiger partial charge on any atom is -0.328 e. The molecule has 0 bridgehead atoms. The Bertz CT molecular complexity index is 75.0. The standard InChI is InChI=1S/C7H14BN/c8-6-2-1-3-7(9)5-4-6/h6-7H,1-5,9H2. The van der Waals surface area contributed by atoms with E-state index in [1.807, 2.05) is 0 Å². The lowest BCUT2D eigenvalue weighted by Gasteiger charge is -2.05. The van der Waals surface area contributed by atoms with Crippen molar-refractivity contribution in [1.82, 2.24) is 0 Å². The summed E-state index contributed by atoms with van der Waals surface area (Å²) in [6.45, 7) is 0. The molecule has 0 aromatic carbocycles. The first kappa shape index (κ1) is 7.14. The molecule has 2 N–H and O–H groups in total. The Labute approximate surface area is 58.4 Å². The van der Waals surface area contributed by atoms with Crippen LogP contribution in [-0.4, -0.2) is 13.9 Å². The van der Waals surface area contributed by atoms with Gasteiger partial charge in [0.25, 0.3) is 0 Å². The highest BCUT2D eigenvalue weighted by molar-refractivity contribution is 6.11. The van der Waals surface area contributed by atoms with Gasteiger partial charge in [-0.2, -0.15) is 0 Å². The molecule has 1 fully saturated rings. The first-order valence-electron chi connectivity index (χ1n) is 3.80. The van der Waals surface area contributed by atoms with Crippen molar-refractivity contribution in [3.05, 3.63) is 0 Å². The largest absolute Gasteiger partial charge is 0.328 e. The van der Waals surface area contributed by atoms with Crippen LogP contribution in [-0.2, 0) is 0 Å². The fraction of sp³-hybridized carbons (Fsp3) is 1.00. The zero-order chi connectivity index (χ0) is 6.69. The Morgan fingerprint density at radius 3 is 2.67 bits per heavy atom. The summed E-state index contributed by atoms with van der Waals surface area (Å²) in [6.07, 6.45) is 5.83. The van der Waals surface area contributed by atoms with Gasteiger partial charge >= 0.3 is 0 Å². The zero-order valence-electron chi connectivity index (χ0n) is 5.84. The maximum absolute atomic E-state index is 5.74. The summed E-state index contributed by atoms with van der Waals surface area (Å²) in [6, 6.07) is 0.429. The second kappa shape index (κ2) is 3.26. The molecule has 2 unspecified atom stereocenters. The molecular formula is C7H14BN. The molecular weight excluding hydrogens is 109 g/mol. The summed E-state index contributed by atoms with van der Waals surface area (Å²) in [7, 11) is 5.74. The van der Waals surface area contributed by atoms with E-state index in [1.165, 1.54) is 19.3 Å². The average Bonchev–Trinajstić information content (AvgIpc) is 1.97. The quantitative estimate of drug-likeness (QED) is 0.380. The lowest BCUT2D eigenvalue weighted by atomic mass is 9.81. The Balaban J connectivity index is 2.25. The molecule has 1 aliphatic rings. The van der Waals surface area contributed by atoms with Gasteiger partial charge in [0, 0.05) is 6.04 Å². The summed E-state index contributed by atoms with van der Waals surface area (Å²) in [4.78, 5) is 0. The fourth-order valence-electron chi connectivity index (χ4n) is 1.36. The van der Waals surface area contributed by atoms with Gasteiger partial charge in [-0.05, 0) is 12.8 Å². The van der Waals surface area contributed by atoms with E-state index < -0.39 is 0 Å². The highest BCUT2D eigenvalue weighted by Crippen LogP contribution is 2.23. The van der Waals surface area contributed by atoms with Gasteiger partial charge in [0.2, 0.25) is 0 Å². The summed E-state index contributed by atoms with van der Waals surface area (Å²) in [5.74, 6) is 0.429. The third-order valence-corrected chi connectivity index (χ3v) is 2.06. The minimum absolute atomic E-state index is 0.429. The Morgan fingerprint density at radius 2 is 1.89 bits per heavy atom. The summed E-state index contributed by atoms with van der Waals surface area (Å²) in [5, 5.41) is 0. The van der Waals surface area contributed by atoms with Gasteiger partial charge in [-0.1, -0.05) is 25.1 Å². The topological polar surface area (TPSA) is 26.0 Å². The number of rotatable bonds is 0. The van der Waals surface area contributed by atoms with Crippen molar-refractivity contribution in [2.24, 2.45) is 5.73 Å². The van der Waals surface area contributed by atoms with Crippen molar-refractivity contribution in [1.29, 1.82) is 0 Å². The number of hydrogen-bond acceptors (Lipinski definition) is 1. The molecule has 2 radical (unpaired) electrons. The number of hydrogen-bond donors (Lipinski definition) is 1. The smallest absolute Gasteiger partial charge is 0.0699 e. The number of nitrogens with two attached hydrogens (primary N) is 1. The van der Waals surface area contributed by atoms with E-state index in [2.05, 4.69) is 0 Å². The molecule has 2 atom stereocenters. The molecule has 1 nitrogen and oxygen atoms in total. The lowest BCUT2D eigenvalue weighted by molar-refractivity contribution is 0.583. The van der Waals surface area contributed by atoms with Crippen LogP contribution in [0.15, 0.2) is 0 Å². The first-order chi connectivity index (χ1) is 4.29. The van der Waals surface area contributed by atoms with Gasteiger partial charge in [-0.15, -0.1) is 0 Å². The van der Waals surface area contributed by atoms with Gasteiger partial charge in [-0.25, -0.2) is 0 Å². The van der Waals surface area contributed by atoms with E-state index >= 15 is 0 Å². The molecule has 9 heavy (non-hydrogen) atoms. The molecule has 0 heterocycles. The van der Waals surface area contributed by atoms with Crippen molar-refractivity contribution in [3.8, 4) is 0 Å². The molecule has 0 spiro atoms. The molecule has 50 valence electrons. The summed E-state index contributed by atoms with van der Waals surface area (Å²) < 4.78 is 0. The monoisotopic (exact) mass is 123 g/mol. The van der Waals surface area contributed by atoms with Crippen LogP contribution in [0.25, 0.3) is 0 Å². The Hall–Kier alpha value is 0.0249. The van der Waals surface area contributed by atoms with Crippen LogP contribution in [0.4, 0.5) is 0 Å². The first-order valence-corrected chi connectivity index (χ1v) is 3.80. The normalized spacial score (nSPS) is 37.9. The van der Waals surface area contributed by atoms with Crippen molar-refractivity contribution in [3.63, 3.8) is 0 Å². The van der Waals surface area contributed by atoms with E-state index in [0.717, 1.165) is 12.8 Å². The van der Waals surface area contributed by atoms with Crippen LogP contribution >= 0.6 is 0 Å². The van der Waals surface area contributed by atoms with Gasteiger partial charge < -0.3 is 5.73 Å². The fourth-order valence-corrected chi connectivity index (χ4v) is 1.36. The van der Waals surface area contributed by atoms with Gasteiger partial charge in [0.15, 0.2) is 0 Å². The third-order valence-electron chi connectivity index (χ3n) is 2.06. The van der Waals surface area contributed by atoms with E-state index in [4.69, 9.17) is 13.6 Å². The van der Waals surface area contributed by atoms with E-state index in [1.54, 1.807) is 0 Å². The maximum Gasteiger partial charge on any atom is 0.0699 e. The average molecular weight is 123 g/mol. The highest BCUT2D eigenvalue weighted by atomic mass is 14.6. The van der Waals surface area contributed by atoms with Crippen molar-refractivity contribution >= 4 is 7.85 Å². The van der Waals surface area contributed by atoms with Gasteiger partial charge in [0.05, 0.1) is 7.85 Å². The van der Waals surface area contributed by atoms with Crippen LogP contribution < -0.4 is 5.73 Å². The van der Waals surface area contributed by atoms with Gasteiger partial charge in [0.1, 0.15) is 0 Å². The predicted octanol–water partition coefficient (Wildman–Crippen LogP) is 1.23. The highest BCUT2D eigenvalue weighted by Gasteiger charge is 2.11. The molecule has 1 rings (SSSR count). The van der Waals surface area contributed by atoms with E-state index in [9.17, 15) is 0 Å². The lowest BCUT2D eigenvalue weighted by Crippen LogP contribution is -2.17. The SMILES string of the molecule is [B]C1CCCC(N)CC1. The minimum atomic E-state index is 0.429. The molecule has 0 aromatic rings. The second-order valence-electron chi connectivity index (χ2n) is 3.03. The molecule has 0 aliphatic heterocycles. The zero-order valence-corrected chi connectivity index (χ0v) is 5.84. The van der Waals surface area contributed by atoms with Crippen molar-refractivity contribution < 1.29 is 0 Å². The van der Waals surface area contributed by atoms with Crippen LogP contribution in [0.3, 0.4) is 0 Å². The van der Waals surface area contributed by atoms with Crippen LogP contribution in [0.2, 0.25) is 5.82 Å². The molecule has 2 heteroatoms. The maximum atomic E-state index is 5.74. The molecule has 1 saturated carbocycles. The van der Waals surface area contributed by atoms with Crippen LogP contribution in [0.5, 0.6) is 0 Å². The van der Waals surface area contributed by atoms with E-state index in [-0.39, 0.29) is 0 Å². The van der Waals surface area contributed by atoms with E-state index in [0.29, 0.717) is 11.9 Å². The Kier molecular flexibility index (Phi) is 2.58. The predicted molar refractivity (Wildman–Crippen MR) is 40.6 cm³/mol. The van der Waals surface area contributed by atoms with Crippen molar-refractivity contribution in [2.45, 2.75) is 44.0 Å². The molecule has 0 aromatic heterocycles. The van der Waals surface area contributed by atoms with Crippen molar-refractivity contribution in [2.75, 3.05) is 0 Å². The van der Waals surface area contributed by atoms with Crippen LogP contribution in [0.1, 0.15) is 32.1 Å². The summed E-state index contributed by atoms with van der Waals surface area (Å²) in [5.41, 5.74) is 5.74. The molecule has 1 aliphatic carbocycles. The molecule has 0 saturated heterocycles. The Morgan fingerprint density at radius 1 is 1.11 bits per heavy atom. The van der Waals surface area contributed by atoms with Gasteiger partial charge in [-0.3, -0.25) is 0 Å². The summed E-state index contributed by atoms with van der Waals surface area (Å²) >= 11 is 0. The van der Waals surface area contributed by atoms with Crippen LogP contribution in [0, 0.1) is 0 Å². The molecule has 0 amide bonds. The third kappa shape index (κ3) is 2.40. The second-order valence-corrected chi connectivity index (χ2v) is 3.03.